The van der Waals surface area contributed by atoms with Crippen molar-refractivity contribution in [2.24, 2.45) is 0 Å². The first-order valence-corrected chi connectivity index (χ1v) is 9.01. The van der Waals surface area contributed by atoms with Crippen molar-refractivity contribution in [2.45, 2.75) is 37.6 Å². The van der Waals surface area contributed by atoms with Crippen molar-refractivity contribution < 1.29 is 18.4 Å². The fourth-order valence-electron chi connectivity index (χ4n) is 3.33. The van der Waals surface area contributed by atoms with Gasteiger partial charge in [-0.05, 0) is 11.6 Å². The van der Waals surface area contributed by atoms with Crippen LogP contribution in [0.1, 0.15) is 36.0 Å². The highest BCUT2D eigenvalue weighted by Crippen LogP contribution is 2.32. The van der Waals surface area contributed by atoms with Gasteiger partial charge in [0.05, 0.1) is 6.07 Å². The van der Waals surface area contributed by atoms with Gasteiger partial charge in [-0.15, -0.1) is 0 Å². The molecule has 0 spiro atoms. The van der Waals surface area contributed by atoms with Gasteiger partial charge in [0.15, 0.2) is 5.78 Å². The Labute approximate surface area is 161 Å². The molecule has 0 saturated carbocycles. The average Bonchev–Trinajstić information content (AvgIpc) is 2.71. The molecule has 0 unspecified atom stereocenters. The Morgan fingerprint density at radius 2 is 1.96 bits per heavy atom. The van der Waals surface area contributed by atoms with E-state index in [4.69, 9.17) is 5.26 Å². The highest BCUT2D eigenvalue weighted by molar-refractivity contribution is 6.03. The molecule has 1 aromatic heterocycles. The summed E-state index contributed by atoms with van der Waals surface area (Å²) in [6.45, 7) is -0.178. The minimum absolute atomic E-state index is 0.0618. The molecule has 0 radical (unpaired) electrons. The van der Waals surface area contributed by atoms with Crippen molar-refractivity contribution in [3.63, 3.8) is 0 Å². The van der Waals surface area contributed by atoms with Gasteiger partial charge in [-0.1, -0.05) is 30.3 Å². The molecule has 2 heterocycles. The van der Waals surface area contributed by atoms with E-state index < -0.39 is 30.7 Å². The normalized spacial score (nSPS) is 18.3. The molecule has 0 aliphatic carbocycles. The van der Waals surface area contributed by atoms with Gasteiger partial charge in [-0.25, -0.2) is 8.78 Å². The second kappa shape index (κ2) is 8.26. The first-order chi connectivity index (χ1) is 13.4. The number of rotatable bonds is 5. The van der Waals surface area contributed by atoms with Crippen molar-refractivity contribution in [1.29, 1.82) is 5.26 Å². The van der Waals surface area contributed by atoms with E-state index in [1.807, 2.05) is 30.3 Å². The highest BCUT2D eigenvalue weighted by atomic mass is 19.3. The molecule has 7 heteroatoms. The minimum atomic E-state index is -2.94. The third-order valence-electron chi connectivity index (χ3n) is 4.83. The van der Waals surface area contributed by atoms with Gasteiger partial charge in [0.2, 0.25) is 5.91 Å². The van der Waals surface area contributed by atoms with E-state index in [1.54, 1.807) is 18.3 Å². The summed E-state index contributed by atoms with van der Waals surface area (Å²) >= 11 is 0. The molecule has 2 aromatic rings. The minimum Gasteiger partial charge on any atom is -0.326 e. The predicted octanol–water partition coefficient (Wildman–Crippen LogP) is 3.86. The van der Waals surface area contributed by atoms with Crippen molar-refractivity contribution in [3.05, 3.63) is 54.4 Å². The van der Waals surface area contributed by atoms with Crippen LogP contribution < -0.4 is 0 Å². The van der Waals surface area contributed by atoms with Gasteiger partial charge >= 0.3 is 0 Å². The quantitative estimate of drug-likeness (QED) is 0.735. The molecule has 1 fully saturated rings. The molecule has 0 N–H and O–H groups in total. The van der Waals surface area contributed by atoms with E-state index in [2.05, 4.69) is 4.98 Å². The van der Waals surface area contributed by atoms with E-state index >= 15 is 0 Å². The topological polar surface area (TPSA) is 74.1 Å². The van der Waals surface area contributed by atoms with Crippen LogP contribution in [0.15, 0.2) is 48.8 Å². The number of hydrogen-bond acceptors (Lipinski definition) is 4. The molecular formula is C21H19F2N3O2. The number of nitriles is 1. The highest BCUT2D eigenvalue weighted by Gasteiger charge is 2.42. The predicted molar refractivity (Wildman–Crippen MR) is 98.5 cm³/mol. The van der Waals surface area contributed by atoms with Crippen LogP contribution in [-0.4, -0.2) is 40.1 Å². The zero-order chi connectivity index (χ0) is 20.1. The number of pyridine rings is 1. The van der Waals surface area contributed by atoms with Crippen molar-refractivity contribution in [2.75, 3.05) is 6.54 Å². The Bertz CT molecular complexity index is 909. The lowest BCUT2D eigenvalue weighted by Gasteiger charge is -2.35. The average molecular weight is 383 g/mol. The summed E-state index contributed by atoms with van der Waals surface area (Å²) in [5, 5.41) is 9.11. The molecule has 0 bridgehead atoms. The lowest BCUT2D eigenvalue weighted by atomic mass is 9.96. The van der Waals surface area contributed by atoms with Gasteiger partial charge in [0.25, 0.3) is 5.92 Å². The third kappa shape index (κ3) is 4.39. The number of hydrogen-bond donors (Lipinski definition) is 0. The fraction of sp³-hybridized carbons (Fsp3) is 0.333. The third-order valence-corrected chi connectivity index (χ3v) is 4.83. The van der Waals surface area contributed by atoms with Crippen LogP contribution in [-0.2, 0) is 4.79 Å². The van der Waals surface area contributed by atoms with Gasteiger partial charge in [0, 0.05) is 55.7 Å². The number of carbonyl (C=O) groups excluding carboxylic acids is 2. The fourth-order valence-corrected chi connectivity index (χ4v) is 3.33. The van der Waals surface area contributed by atoms with E-state index in [0.717, 1.165) is 10.5 Å². The molecule has 1 aliphatic heterocycles. The van der Waals surface area contributed by atoms with Crippen LogP contribution in [0.4, 0.5) is 8.78 Å². The molecule has 1 saturated heterocycles. The standard InChI is InChI=1S/C21H19F2N3O2/c22-21(23)9-11-26(16(12-21)13-24)20(28)7-6-19(27)17-8-10-25-14-18(17)15-4-2-1-3-5-15/h1-5,8,10,14,16H,6-7,9,11-12H2/t16-/m0/s1. The molecule has 144 valence electrons. The first-order valence-electron chi connectivity index (χ1n) is 9.01. The van der Waals surface area contributed by atoms with Gasteiger partial charge in [0.1, 0.15) is 6.04 Å². The van der Waals surface area contributed by atoms with E-state index in [9.17, 15) is 18.4 Å². The monoisotopic (exact) mass is 383 g/mol. The summed E-state index contributed by atoms with van der Waals surface area (Å²) in [7, 11) is 0. The summed E-state index contributed by atoms with van der Waals surface area (Å²) < 4.78 is 26.9. The molecule has 1 amide bonds. The van der Waals surface area contributed by atoms with Crippen molar-refractivity contribution in [3.8, 4) is 17.2 Å². The number of likely N-dealkylation sites (tertiary alicyclic amines) is 1. The van der Waals surface area contributed by atoms with Crippen LogP contribution in [0.5, 0.6) is 0 Å². The maximum Gasteiger partial charge on any atom is 0.252 e. The number of nitrogens with zero attached hydrogens (tertiary/aromatic N) is 3. The van der Waals surface area contributed by atoms with E-state index in [0.29, 0.717) is 11.1 Å². The largest absolute Gasteiger partial charge is 0.326 e. The molecular weight excluding hydrogens is 364 g/mol. The first kappa shape index (κ1) is 19.6. The maximum atomic E-state index is 13.5. The summed E-state index contributed by atoms with van der Waals surface area (Å²) in [6.07, 6.45) is 1.80. The molecule has 1 aliphatic rings. The lowest BCUT2D eigenvalue weighted by molar-refractivity contribution is -0.140. The summed E-state index contributed by atoms with van der Waals surface area (Å²) in [5.41, 5.74) is 1.97. The number of aromatic nitrogens is 1. The SMILES string of the molecule is N#C[C@@H]1CC(F)(F)CCN1C(=O)CCC(=O)c1ccncc1-c1ccccc1. The van der Waals surface area contributed by atoms with Crippen LogP contribution in [0.3, 0.4) is 0 Å². The maximum absolute atomic E-state index is 13.5. The zero-order valence-electron chi connectivity index (χ0n) is 15.1. The number of Topliss-reactive ketones (excluding diaryl/α,β-unsaturated/α-hetero) is 1. The van der Waals surface area contributed by atoms with E-state index in [1.165, 1.54) is 6.20 Å². The Kier molecular flexibility index (Phi) is 5.78. The van der Waals surface area contributed by atoms with Crippen molar-refractivity contribution in [1.82, 2.24) is 9.88 Å². The summed E-state index contributed by atoms with van der Waals surface area (Å²) in [5.74, 6) is -3.62. The Morgan fingerprint density at radius 3 is 2.68 bits per heavy atom. The molecule has 1 aromatic carbocycles. The molecule has 1 atom stereocenters. The second-order valence-corrected chi connectivity index (χ2v) is 6.75. The molecule has 3 rings (SSSR count). The number of alkyl halides is 2. The lowest BCUT2D eigenvalue weighted by Crippen LogP contribution is -2.49. The number of halogens is 2. The Hall–Kier alpha value is -3.14. The van der Waals surface area contributed by atoms with Crippen LogP contribution in [0.2, 0.25) is 0 Å². The number of carbonyl (C=O) groups is 2. The van der Waals surface area contributed by atoms with Gasteiger partial charge in [-0.3, -0.25) is 14.6 Å². The molecule has 28 heavy (non-hydrogen) atoms. The summed E-state index contributed by atoms with van der Waals surface area (Å²) in [6, 6.07) is 11.5. The van der Waals surface area contributed by atoms with Gasteiger partial charge in [-0.2, -0.15) is 5.26 Å². The second-order valence-electron chi connectivity index (χ2n) is 6.75. The van der Waals surface area contributed by atoms with Crippen LogP contribution >= 0.6 is 0 Å². The number of benzene rings is 1. The van der Waals surface area contributed by atoms with E-state index in [-0.39, 0.29) is 25.2 Å². The summed E-state index contributed by atoms with van der Waals surface area (Å²) in [4.78, 5) is 30.4. The van der Waals surface area contributed by atoms with Gasteiger partial charge < -0.3 is 4.90 Å². The number of piperidine rings is 1. The number of amides is 1. The van der Waals surface area contributed by atoms with Crippen LogP contribution in [0, 0.1) is 11.3 Å². The van der Waals surface area contributed by atoms with Crippen LogP contribution in [0.25, 0.3) is 11.1 Å². The van der Waals surface area contributed by atoms with Crippen molar-refractivity contribution >= 4 is 11.7 Å². The zero-order valence-corrected chi connectivity index (χ0v) is 15.1. The Balaban J connectivity index is 1.68. The Morgan fingerprint density at radius 1 is 1.21 bits per heavy atom. The number of ketones is 1. The smallest absolute Gasteiger partial charge is 0.252 e. The molecule has 5 nitrogen and oxygen atoms in total.